The Morgan fingerprint density at radius 2 is 1.60 bits per heavy atom. The van der Waals surface area contributed by atoms with Gasteiger partial charge in [0.2, 0.25) is 0 Å². The molecule has 0 saturated heterocycles. The molecule has 0 N–H and O–H groups in total. The third-order valence-corrected chi connectivity index (χ3v) is 26.0. The first kappa shape index (κ1) is 22.5. The van der Waals surface area contributed by atoms with E-state index in [9.17, 15) is 0 Å². The molecule has 0 heterocycles. The fourth-order valence-corrected chi connectivity index (χ4v) is 25.3. The Bertz CT molecular complexity index is 1170. The molecule has 0 saturated carbocycles. The molecule has 0 fully saturated rings. The third-order valence-electron chi connectivity index (χ3n) is 6.89. The zero-order valence-electron chi connectivity index (χ0n) is 18.5. The number of halogens is 2. The molecule has 0 aliphatic heterocycles. The molecule has 0 amide bonds. The number of hydrogen-bond donors (Lipinski definition) is 0. The van der Waals surface area contributed by atoms with Crippen molar-refractivity contribution in [1.29, 1.82) is 0 Å². The minimum absolute atomic E-state index is 0.440. The summed E-state index contributed by atoms with van der Waals surface area (Å²) in [4.78, 5) is 0. The molecule has 154 valence electrons. The van der Waals surface area contributed by atoms with E-state index in [2.05, 4.69) is 83.3 Å². The molecule has 30 heavy (non-hydrogen) atoms. The van der Waals surface area contributed by atoms with Crippen LogP contribution in [0.2, 0.25) is 23.1 Å². The molecule has 2 aliphatic rings. The second-order valence-electron chi connectivity index (χ2n) is 8.76. The standard InChI is InChI=1S/C15H9Cl2.C9H13.C2H6Si.Zr/c16-12-8-11-6-7-13(15(11)14(17)9-12)10-4-2-1-3-5-10;1-6-5-7(2)9(4)8(6)3;1-3-2;/h1-9H;6H,1-4H3;1-2H3;. The predicted molar refractivity (Wildman–Crippen MR) is 130 cm³/mol. The van der Waals surface area contributed by atoms with Crippen LogP contribution in [0.1, 0.15) is 48.0 Å². The van der Waals surface area contributed by atoms with E-state index in [-0.39, 0.29) is 0 Å². The summed E-state index contributed by atoms with van der Waals surface area (Å²) in [6.07, 6.45) is 2.56. The van der Waals surface area contributed by atoms with Gasteiger partial charge in [-0.05, 0) is 0 Å². The van der Waals surface area contributed by atoms with Crippen LogP contribution in [0.5, 0.6) is 0 Å². The maximum atomic E-state index is 6.82. The van der Waals surface area contributed by atoms with Crippen LogP contribution in [0, 0.1) is 5.92 Å². The number of hydrogen-bond acceptors (Lipinski definition) is 0. The van der Waals surface area contributed by atoms with Gasteiger partial charge in [-0.1, -0.05) is 0 Å². The Hall–Kier alpha value is -0.660. The van der Waals surface area contributed by atoms with E-state index in [1.165, 1.54) is 27.8 Å². The molecule has 0 radical (unpaired) electrons. The summed E-state index contributed by atoms with van der Waals surface area (Å²) >= 11 is 11.3. The first-order chi connectivity index (χ1) is 14.2. The van der Waals surface area contributed by atoms with Crippen molar-refractivity contribution in [2.24, 2.45) is 5.92 Å². The van der Waals surface area contributed by atoms with Crippen molar-refractivity contribution in [2.45, 2.75) is 44.4 Å². The van der Waals surface area contributed by atoms with Crippen LogP contribution >= 0.6 is 23.2 Å². The zero-order valence-corrected chi connectivity index (χ0v) is 23.5. The van der Waals surface area contributed by atoms with Gasteiger partial charge in [-0.25, -0.2) is 0 Å². The van der Waals surface area contributed by atoms with Crippen molar-refractivity contribution in [1.82, 2.24) is 0 Å². The van der Waals surface area contributed by atoms with Crippen molar-refractivity contribution in [2.75, 3.05) is 0 Å². The van der Waals surface area contributed by atoms with Crippen molar-refractivity contribution in [3.05, 3.63) is 95.3 Å². The Balaban J connectivity index is 1.97. The van der Waals surface area contributed by atoms with Crippen LogP contribution in [-0.2, 0) is 20.4 Å². The van der Waals surface area contributed by atoms with Crippen LogP contribution in [-0.4, -0.2) is 5.43 Å². The molecule has 4 rings (SSSR count). The quantitative estimate of drug-likeness (QED) is 0.349. The van der Waals surface area contributed by atoms with Crippen molar-refractivity contribution >= 4 is 34.2 Å². The van der Waals surface area contributed by atoms with Gasteiger partial charge >= 0.3 is 200 Å². The number of rotatable bonds is 3. The first-order valence-corrected chi connectivity index (χ1v) is 20.1. The van der Waals surface area contributed by atoms with E-state index < -0.39 is 25.8 Å². The Morgan fingerprint density at radius 3 is 2.17 bits per heavy atom. The molecule has 2 aliphatic carbocycles. The minimum atomic E-state index is -2.05. The molecule has 2 aromatic carbocycles. The van der Waals surface area contributed by atoms with E-state index in [1.54, 1.807) is 11.1 Å². The topological polar surface area (TPSA) is 0 Å². The van der Waals surface area contributed by atoms with Crippen LogP contribution in [0.25, 0.3) is 5.57 Å². The summed E-state index contributed by atoms with van der Waals surface area (Å²) in [7, 11) is 0. The monoisotopic (exact) mass is 528 g/mol. The number of benzene rings is 2. The Morgan fingerprint density at radius 1 is 0.933 bits per heavy atom. The molecule has 2 aromatic rings. The molecular weight excluding hydrogens is 503 g/mol. The molecule has 2 unspecified atom stereocenters. The van der Waals surface area contributed by atoms with E-state index in [4.69, 9.17) is 23.2 Å². The SMILES string of the molecule is CC1=C(C)C(C)[C]([Zr]([CH]2C=C(c3ccccc3)c3c(Cl)cc(Cl)cc32)=[Si](C)C)=C1C. The normalized spacial score (nSPS) is 20.6. The van der Waals surface area contributed by atoms with Crippen molar-refractivity contribution in [3.8, 4) is 0 Å². The maximum absolute atomic E-state index is 6.82. The van der Waals surface area contributed by atoms with Crippen LogP contribution in [0.4, 0.5) is 0 Å². The summed E-state index contributed by atoms with van der Waals surface area (Å²) in [5.74, 6) is 0.589. The van der Waals surface area contributed by atoms with E-state index in [0.29, 0.717) is 9.54 Å². The third kappa shape index (κ3) is 3.73. The molecule has 0 bridgehead atoms. The summed E-state index contributed by atoms with van der Waals surface area (Å²) in [5.41, 5.74) is 9.37. The van der Waals surface area contributed by atoms with Crippen LogP contribution in [0.15, 0.2) is 68.5 Å². The van der Waals surface area contributed by atoms with Gasteiger partial charge in [0.25, 0.3) is 0 Å². The van der Waals surface area contributed by atoms with Crippen LogP contribution in [0.3, 0.4) is 0 Å². The van der Waals surface area contributed by atoms with E-state index in [0.717, 1.165) is 10.0 Å². The second kappa shape index (κ2) is 8.70. The number of fused-ring (bicyclic) bond motifs is 1. The van der Waals surface area contributed by atoms with Crippen molar-refractivity contribution in [3.63, 3.8) is 0 Å². The first-order valence-electron chi connectivity index (χ1n) is 10.5. The fraction of sp³-hybridized carbons (Fsp3) is 0.308. The molecular formula is C26H28Cl2SiZr. The summed E-state index contributed by atoms with van der Waals surface area (Å²) in [6, 6.07) is 14.8. The summed E-state index contributed by atoms with van der Waals surface area (Å²) in [6.45, 7) is 14.5. The van der Waals surface area contributed by atoms with Crippen LogP contribution < -0.4 is 0 Å². The van der Waals surface area contributed by atoms with E-state index in [1.807, 2.05) is 9.35 Å². The zero-order chi connectivity index (χ0) is 21.7. The van der Waals surface area contributed by atoms with Gasteiger partial charge < -0.3 is 0 Å². The molecule has 2 atom stereocenters. The van der Waals surface area contributed by atoms with Gasteiger partial charge in [0, 0.05) is 0 Å². The molecule has 0 spiro atoms. The molecule has 4 heteroatoms. The van der Waals surface area contributed by atoms with E-state index >= 15 is 0 Å². The van der Waals surface area contributed by atoms with Gasteiger partial charge in [-0.2, -0.15) is 0 Å². The Labute approximate surface area is 198 Å². The average molecular weight is 531 g/mol. The van der Waals surface area contributed by atoms with Gasteiger partial charge in [0.1, 0.15) is 0 Å². The average Bonchev–Trinajstić information content (AvgIpc) is 3.16. The molecule has 0 aromatic heterocycles. The van der Waals surface area contributed by atoms with Crippen molar-refractivity contribution < 1.29 is 20.4 Å². The van der Waals surface area contributed by atoms with Gasteiger partial charge in [0.05, 0.1) is 0 Å². The second-order valence-corrected chi connectivity index (χ2v) is 27.0. The summed E-state index contributed by atoms with van der Waals surface area (Å²) < 4.78 is 2.33. The predicted octanol–water partition coefficient (Wildman–Crippen LogP) is 8.61. The van der Waals surface area contributed by atoms with Gasteiger partial charge in [-0.3, -0.25) is 0 Å². The fourth-order valence-electron chi connectivity index (χ4n) is 5.11. The van der Waals surface area contributed by atoms with Gasteiger partial charge in [-0.15, -0.1) is 0 Å². The number of allylic oxidation sites excluding steroid dienone is 5. The molecule has 0 nitrogen and oxygen atoms in total. The van der Waals surface area contributed by atoms with Gasteiger partial charge in [0.15, 0.2) is 0 Å². The Kier molecular flexibility index (Phi) is 6.54. The summed E-state index contributed by atoms with van der Waals surface area (Å²) in [5, 5.41) is 1.54.